The highest BCUT2D eigenvalue weighted by Crippen LogP contribution is 2.30. The number of ether oxygens (including phenoxy) is 1. The molecular formula is C21H30FIN4OS. The molecule has 1 saturated carbocycles. The Bertz CT molecular complexity index is 823. The van der Waals surface area contributed by atoms with E-state index in [2.05, 4.69) is 39.8 Å². The van der Waals surface area contributed by atoms with Gasteiger partial charge in [0, 0.05) is 18.3 Å². The summed E-state index contributed by atoms with van der Waals surface area (Å²) in [5.74, 6) is 1.69. The molecule has 2 aromatic rings. The van der Waals surface area contributed by atoms with E-state index in [1.54, 1.807) is 24.5 Å². The number of guanidine groups is 1. The molecule has 1 aliphatic carbocycles. The summed E-state index contributed by atoms with van der Waals surface area (Å²) in [6.07, 6.45) is 2.37. The summed E-state index contributed by atoms with van der Waals surface area (Å²) in [7, 11) is 1.72. The van der Waals surface area contributed by atoms with Gasteiger partial charge in [-0.1, -0.05) is 19.9 Å². The summed E-state index contributed by atoms with van der Waals surface area (Å²) < 4.78 is 19.9. The number of aliphatic imine (C=N–C) groups is 1. The zero-order chi connectivity index (χ0) is 20.1. The van der Waals surface area contributed by atoms with Crippen LogP contribution in [0.5, 0.6) is 5.75 Å². The molecule has 29 heavy (non-hydrogen) atoms. The molecule has 1 fully saturated rings. The first-order valence-corrected chi connectivity index (χ1v) is 10.7. The third-order valence-electron chi connectivity index (χ3n) is 4.70. The van der Waals surface area contributed by atoms with Crippen LogP contribution in [0.4, 0.5) is 4.39 Å². The average Bonchev–Trinajstić information content (AvgIpc) is 3.38. The van der Waals surface area contributed by atoms with Crippen LogP contribution in [0.2, 0.25) is 0 Å². The maximum atomic E-state index is 14.3. The molecule has 1 heterocycles. The molecule has 3 rings (SSSR count). The Kier molecular flexibility index (Phi) is 9.13. The smallest absolute Gasteiger partial charge is 0.191 e. The monoisotopic (exact) mass is 532 g/mol. The van der Waals surface area contributed by atoms with E-state index in [1.807, 2.05) is 13.0 Å². The zero-order valence-electron chi connectivity index (χ0n) is 17.4. The maximum Gasteiger partial charge on any atom is 0.191 e. The van der Waals surface area contributed by atoms with Crippen molar-refractivity contribution in [3.05, 3.63) is 45.7 Å². The first kappa shape index (κ1) is 23.9. The lowest BCUT2D eigenvalue weighted by atomic mass is 10.1. The highest BCUT2D eigenvalue weighted by atomic mass is 127. The van der Waals surface area contributed by atoms with Gasteiger partial charge in [0.05, 0.1) is 29.9 Å². The molecule has 8 heteroatoms. The summed E-state index contributed by atoms with van der Waals surface area (Å²) in [4.78, 5) is 8.88. The van der Waals surface area contributed by atoms with Crippen molar-refractivity contribution in [2.45, 2.75) is 52.1 Å². The van der Waals surface area contributed by atoms with Crippen molar-refractivity contribution in [3.63, 3.8) is 0 Å². The lowest BCUT2D eigenvalue weighted by molar-refractivity contribution is 0.285. The highest BCUT2D eigenvalue weighted by Gasteiger charge is 2.22. The van der Waals surface area contributed by atoms with E-state index in [-0.39, 0.29) is 35.8 Å². The third-order valence-corrected chi connectivity index (χ3v) is 5.90. The Labute approximate surface area is 193 Å². The van der Waals surface area contributed by atoms with Gasteiger partial charge in [0.1, 0.15) is 0 Å². The van der Waals surface area contributed by atoms with Crippen molar-refractivity contribution in [1.82, 2.24) is 15.6 Å². The molecule has 1 aromatic carbocycles. The topological polar surface area (TPSA) is 58.5 Å². The van der Waals surface area contributed by atoms with Crippen molar-refractivity contribution in [2.75, 3.05) is 13.7 Å². The first-order valence-electron chi connectivity index (χ1n) is 9.80. The lowest BCUT2D eigenvalue weighted by Gasteiger charge is -2.18. The van der Waals surface area contributed by atoms with E-state index in [1.165, 1.54) is 18.9 Å². The van der Waals surface area contributed by atoms with E-state index in [9.17, 15) is 4.39 Å². The van der Waals surface area contributed by atoms with Crippen molar-refractivity contribution >= 4 is 41.3 Å². The Morgan fingerprint density at radius 2 is 2.10 bits per heavy atom. The molecular weight excluding hydrogens is 502 g/mol. The largest absolute Gasteiger partial charge is 0.490 e. The molecule has 0 amide bonds. The second kappa shape index (κ2) is 11.1. The van der Waals surface area contributed by atoms with Gasteiger partial charge in [-0.15, -0.1) is 35.3 Å². The Hall–Kier alpha value is -1.42. The van der Waals surface area contributed by atoms with Crippen LogP contribution >= 0.6 is 35.3 Å². The molecule has 1 atom stereocenters. The van der Waals surface area contributed by atoms with Gasteiger partial charge in [0.15, 0.2) is 17.5 Å². The van der Waals surface area contributed by atoms with E-state index < -0.39 is 0 Å². The standard InChI is InChI=1S/C21H29FN4OS.HI/c1-13(2)20-26-17(12-28-20)10-24-21(23-4)25-14(3)16-7-8-19(18(22)9-16)27-11-15-5-6-15;/h7-9,12-15H,5-6,10-11H2,1-4H3,(H2,23,24,25);1H. The van der Waals surface area contributed by atoms with Crippen molar-refractivity contribution in [2.24, 2.45) is 10.9 Å². The molecule has 1 aromatic heterocycles. The lowest BCUT2D eigenvalue weighted by Crippen LogP contribution is -2.38. The molecule has 2 N–H and O–H groups in total. The number of nitrogens with zero attached hydrogens (tertiary/aromatic N) is 2. The van der Waals surface area contributed by atoms with Gasteiger partial charge in [-0.25, -0.2) is 9.37 Å². The molecule has 0 bridgehead atoms. The second-order valence-corrected chi connectivity index (χ2v) is 8.46. The van der Waals surface area contributed by atoms with Crippen LogP contribution in [0.25, 0.3) is 0 Å². The predicted molar refractivity (Wildman–Crippen MR) is 128 cm³/mol. The van der Waals surface area contributed by atoms with Crippen molar-refractivity contribution in [3.8, 4) is 5.75 Å². The van der Waals surface area contributed by atoms with Gasteiger partial charge < -0.3 is 15.4 Å². The van der Waals surface area contributed by atoms with E-state index in [0.29, 0.717) is 36.7 Å². The number of aromatic nitrogens is 1. The number of rotatable bonds is 8. The normalized spacial score (nSPS) is 15.0. The Morgan fingerprint density at radius 3 is 2.69 bits per heavy atom. The fourth-order valence-electron chi connectivity index (χ4n) is 2.72. The summed E-state index contributed by atoms with van der Waals surface area (Å²) >= 11 is 1.68. The minimum atomic E-state index is -0.321. The first-order chi connectivity index (χ1) is 13.5. The fourth-order valence-corrected chi connectivity index (χ4v) is 3.56. The average molecular weight is 532 g/mol. The van der Waals surface area contributed by atoms with Gasteiger partial charge in [-0.05, 0) is 43.4 Å². The molecule has 0 spiro atoms. The minimum absolute atomic E-state index is 0. The molecule has 0 saturated heterocycles. The second-order valence-electron chi connectivity index (χ2n) is 7.57. The zero-order valence-corrected chi connectivity index (χ0v) is 20.5. The molecule has 5 nitrogen and oxygen atoms in total. The van der Waals surface area contributed by atoms with Crippen LogP contribution in [-0.4, -0.2) is 24.6 Å². The number of halogens is 2. The highest BCUT2D eigenvalue weighted by molar-refractivity contribution is 14.0. The van der Waals surface area contributed by atoms with Crippen LogP contribution in [0.15, 0.2) is 28.6 Å². The predicted octanol–water partition coefficient (Wildman–Crippen LogP) is 5.24. The van der Waals surface area contributed by atoms with Crippen LogP contribution in [0, 0.1) is 11.7 Å². The Balaban J connectivity index is 0.00000300. The van der Waals surface area contributed by atoms with Crippen LogP contribution in [0.1, 0.15) is 61.8 Å². The third kappa shape index (κ3) is 7.09. The number of thiazole rings is 1. The number of benzene rings is 1. The van der Waals surface area contributed by atoms with E-state index >= 15 is 0 Å². The minimum Gasteiger partial charge on any atom is -0.490 e. The quantitative estimate of drug-likeness (QED) is 0.278. The summed E-state index contributed by atoms with van der Waals surface area (Å²) in [5.41, 5.74) is 1.84. The number of hydrogen-bond acceptors (Lipinski definition) is 4. The Morgan fingerprint density at radius 1 is 1.34 bits per heavy atom. The molecule has 1 aliphatic rings. The summed E-state index contributed by atoms with van der Waals surface area (Å²) in [5, 5.41) is 9.76. The van der Waals surface area contributed by atoms with Gasteiger partial charge >= 0.3 is 0 Å². The van der Waals surface area contributed by atoms with Gasteiger partial charge in [0.25, 0.3) is 0 Å². The fraction of sp³-hybridized carbons (Fsp3) is 0.524. The maximum absolute atomic E-state index is 14.3. The molecule has 0 radical (unpaired) electrons. The van der Waals surface area contributed by atoms with Crippen molar-refractivity contribution in [1.29, 1.82) is 0 Å². The molecule has 160 valence electrons. The summed E-state index contributed by atoms with van der Waals surface area (Å²) in [6.45, 7) is 7.46. The number of hydrogen-bond donors (Lipinski definition) is 2. The van der Waals surface area contributed by atoms with Crippen molar-refractivity contribution < 1.29 is 9.13 Å². The van der Waals surface area contributed by atoms with E-state index in [0.717, 1.165) is 16.3 Å². The van der Waals surface area contributed by atoms with Gasteiger partial charge in [-0.3, -0.25) is 4.99 Å². The molecule has 1 unspecified atom stereocenters. The molecule has 0 aliphatic heterocycles. The summed E-state index contributed by atoms with van der Waals surface area (Å²) in [6, 6.07) is 5.04. The SMILES string of the molecule is CN=C(NCc1csc(C(C)C)n1)NC(C)c1ccc(OCC2CC2)c(F)c1.I. The van der Waals surface area contributed by atoms with Crippen LogP contribution in [-0.2, 0) is 6.54 Å². The van der Waals surface area contributed by atoms with E-state index in [4.69, 9.17) is 4.74 Å². The van der Waals surface area contributed by atoms with Crippen LogP contribution in [0.3, 0.4) is 0 Å². The van der Waals surface area contributed by atoms with Gasteiger partial charge in [-0.2, -0.15) is 0 Å². The van der Waals surface area contributed by atoms with Gasteiger partial charge in [0.2, 0.25) is 0 Å². The number of nitrogens with one attached hydrogen (secondary N) is 2. The van der Waals surface area contributed by atoms with Crippen LogP contribution < -0.4 is 15.4 Å².